The number of fused-ring (bicyclic) bond motifs is 1. The lowest BCUT2D eigenvalue weighted by molar-refractivity contribution is -0.143. The number of aliphatic hydroxyl groups is 2. The zero-order valence-electron chi connectivity index (χ0n) is 20.1. The summed E-state index contributed by atoms with van der Waals surface area (Å²) in [5.74, 6) is 0.285. The van der Waals surface area contributed by atoms with Crippen LogP contribution >= 0.6 is 0 Å². The molecule has 1 aromatic carbocycles. The summed E-state index contributed by atoms with van der Waals surface area (Å²) in [6.07, 6.45) is 4.72. The van der Waals surface area contributed by atoms with E-state index in [4.69, 9.17) is 9.47 Å². The summed E-state index contributed by atoms with van der Waals surface area (Å²) in [5, 5.41) is 31.4. The summed E-state index contributed by atoms with van der Waals surface area (Å²) < 4.78 is 13.1. The Kier molecular flexibility index (Phi) is 4.31. The van der Waals surface area contributed by atoms with E-state index in [0.29, 0.717) is 18.4 Å². The van der Waals surface area contributed by atoms with Gasteiger partial charge in [0.15, 0.2) is 5.78 Å². The lowest BCUT2D eigenvalue weighted by Crippen LogP contribution is -2.47. The number of hydrogen-bond donors (Lipinski definition) is 3. The summed E-state index contributed by atoms with van der Waals surface area (Å²) in [6, 6.07) is 3.42. The van der Waals surface area contributed by atoms with Gasteiger partial charge in [0.2, 0.25) is 0 Å². The molecule has 1 fully saturated rings. The van der Waals surface area contributed by atoms with Crippen molar-refractivity contribution in [2.45, 2.75) is 77.6 Å². The van der Waals surface area contributed by atoms with Crippen LogP contribution < -0.4 is 4.74 Å². The molecule has 2 bridgehead atoms. The molecule has 1 saturated heterocycles. The number of aryl methyl sites for hydroxylation is 2. The van der Waals surface area contributed by atoms with E-state index >= 15 is 0 Å². The molecule has 2 heterocycles. The zero-order valence-corrected chi connectivity index (χ0v) is 20.1. The van der Waals surface area contributed by atoms with E-state index in [2.05, 4.69) is 0 Å². The molecule has 1 aromatic rings. The van der Waals surface area contributed by atoms with Crippen LogP contribution in [0.1, 0.15) is 58.6 Å². The van der Waals surface area contributed by atoms with Gasteiger partial charge in [-0.25, -0.2) is 0 Å². The van der Waals surface area contributed by atoms with Crippen molar-refractivity contribution in [2.75, 3.05) is 0 Å². The largest absolute Gasteiger partial charge is 0.511 e. The van der Waals surface area contributed by atoms with E-state index in [1.165, 1.54) is 6.08 Å². The molecule has 0 radical (unpaired) electrons. The number of aliphatic hydroxyl groups excluding tert-OH is 2. The fourth-order valence-electron chi connectivity index (χ4n) is 6.43. The van der Waals surface area contributed by atoms with Gasteiger partial charge in [-0.3, -0.25) is 4.79 Å². The van der Waals surface area contributed by atoms with Crippen molar-refractivity contribution in [3.8, 4) is 11.5 Å². The smallest absolute Gasteiger partial charge is 0.168 e. The van der Waals surface area contributed by atoms with Gasteiger partial charge >= 0.3 is 0 Å². The minimum absolute atomic E-state index is 0.00231. The van der Waals surface area contributed by atoms with Crippen molar-refractivity contribution < 1.29 is 29.6 Å². The molecule has 33 heavy (non-hydrogen) atoms. The van der Waals surface area contributed by atoms with Gasteiger partial charge in [-0.15, -0.1) is 0 Å². The number of phenols is 1. The maximum absolute atomic E-state index is 13.8. The third kappa shape index (κ3) is 2.86. The Morgan fingerprint density at radius 1 is 1.09 bits per heavy atom. The van der Waals surface area contributed by atoms with Gasteiger partial charge in [0, 0.05) is 18.1 Å². The molecule has 4 aliphatic rings. The van der Waals surface area contributed by atoms with E-state index in [9.17, 15) is 20.1 Å². The lowest BCUT2D eigenvalue weighted by atomic mass is 9.72. The van der Waals surface area contributed by atoms with Gasteiger partial charge in [-0.1, -0.05) is 0 Å². The fourth-order valence-corrected chi connectivity index (χ4v) is 6.43. The number of Topliss-reactive ketones (excluding diaryl/α,β-unsaturated/α-hetero) is 1. The van der Waals surface area contributed by atoms with Crippen LogP contribution in [-0.4, -0.2) is 37.9 Å². The number of carbonyl (C=O) groups excluding carboxylic acids is 1. The molecule has 0 aromatic heterocycles. The third-order valence-corrected chi connectivity index (χ3v) is 8.00. The second-order valence-corrected chi connectivity index (χ2v) is 11.3. The SMILES string of the molecule is Cc1cc(O)cc2c1OC(C)(CC1=C3C4C(O)=CC(O)=CC3(OC4(C)C)C(C)(C)C1=O)CC2. The molecule has 0 amide bonds. The highest BCUT2D eigenvalue weighted by Gasteiger charge is 2.70. The second kappa shape index (κ2) is 6.44. The van der Waals surface area contributed by atoms with Crippen LogP contribution in [0, 0.1) is 18.3 Å². The average molecular weight is 453 g/mol. The van der Waals surface area contributed by atoms with Gasteiger partial charge in [0.05, 0.1) is 16.9 Å². The predicted molar refractivity (Wildman–Crippen MR) is 123 cm³/mol. The highest BCUT2D eigenvalue weighted by molar-refractivity contribution is 6.06. The molecule has 3 atom stereocenters. The van der Waals surface area contributed by atoms with Gasteiger partial charge in [-0.2, -0.15) is 0 Å². The Balaban J connectivity index is 1.65. The Morgan fingerprint density at radius 2 is 1.79 bits per heavy atom. The molecule has 6 heteroatoms. The first-order valence-corrected chi connectivity index (χ1v) is 11.5. The fraction of sp³-hybridized carbons (Fsp3) is 0.519. The topological polar surface area (TPSA) is 96.2 Å². The second-order valence-electron chi connectivity index (χ2n) is 11.3. The summed E-state index contributed by atoms with van der Waals surface area (Å²) in [7, 11) is 0. The standard InChI is InChI=1S/C27H32O6/c1-14-9-16(28)10-15-7-8-26(6,32-22(14)15)13-18-20-21-19(30)11-17(29)12-27(20,33-25(21,4)5)24(2,3)23(18)31/h9-12,21,28-30H,7-8,13H2,1-6H3. The molecule has 2 aliphatic heterocycles. The average Bonchev–Trinajstić information content (AvgIpc) is 2.93. The lowest BCUT2D eigenvalue weighted by Gasteiger charge is -2.39. The van der Waals surface area contributed by atoms with Crippen molar-refractivity contribution in [1.29, 1.82) is 0 Å². The zero-order chi connectivity index (χ0) is 24.1. The van der Waals surface area contributed by atoms with E-state index in [1.807, 2.05) is 41.5 Å². The predicted octanol–water partition coefficient (Wildman–Crippen LogP) is 5.14. The first kappa shape index (κ1) is 22.1. The van der Waals surface area contributed by atoms with Crippen LogP contribution in [0.15, 0.2) is 46.9 Å². The van der Waals surface area contributed by atoms with Crippen LogP contribution in [0.4, 0.5) is 0 Å². The van der Waals surface area contributed by atoms with Gasteiger partial charge < -0.3 is 24.8 Å². The monoisotopic (exact) mass is 452 g/mol. The van der Waals surface area contributed by atoms with E-state index in [0.717, 1.165) is 28.9 Å². The molecular formula is C27H32O6. The highest BCUT2D eigenvalue weighted by Crippen LogP contribution is 2.64. The maximum Gasteiger partial charge on any atom is 0.168 e. The van der Waals surface area contributed by atoms with Crippen molar-refractivity contribution in [3.63, 3.8) is 0 Å². The molecule has 5 rings (SSSR count). The Labute approximate surface area is 194 Å². The Morgan fingerprint density at radius 3 is 2.48 bits per heavy atom. The molecule has 6 nitrogen and oxygen atoms in total. The van der Waals surface area contributed by atoms with E-state index < -0.39 is 28.1 Å². The van der Waals surface area contributed by atoms with E-state index in [1.54, 1.807) is 18.2 Å². The van der Waals surface area contributed by atoms with Crippen molar-refractivity contribution in [1.82, 2.24) is 0 Å². The number of aromatic hydroxyl groups is 1. The minimum Gasteiger partial charge on any atom is -0.511 e. The number of phenolic OH excluding ortho intramolecular Hbond substituents is 1. The van der Waals surface area contributed by atoms with Crippen molar-refractivity contribution >= 4 is 5.78 Å². The summed E-state index contributed by atoms with van der Waals surface area (Å²) in [5.41, 5.74) is -0.326. The summed E-state index contributed by atoms with van der Waals surface area (Å²) in [6.45, 7) is 11.4. The minimum atomic E-state index is -1.14. The van der Waals surface area contributed by atoms with Crippen molar-refractivity contribution in [2.24, 2.45) is 11.3 Å². The number of ketones is 1. The normalized spacial score (nSPS) is 33.6. The number of ether oxygens (including phenoxy) is 2. The van der Waals surface area contributed by atoms with Crippen molar-refractivity contribution in [3.05, 3.63) is 58.1 Å². The number of rotatable bonds is 2. The summed E-state index contributed by atoms with van der Waals surface area (Å²) in [4.78, 5) is 13.8. The van der Waals surface area contributed by atoms with Gasteiger partial charge in [0.25, 0.3) is 0 Å². The number of benzene rings is 1. The maximum atomic E-state index is 13.8. The number of carbonyl (C=O) groups is 1. The quantitative estimate of drug-likeness (QED) is 0.575. The van der Waals surface area contributed by atoms with Crippen LogP contribution in [0.3, 0.4) is 0 Å². The van der Waals surface area contributed by atoms with Gasteiger partial charge in [-0.05, 0) is 89.3 Å². The van der Waals surface area contributed by atoms with Crippen LogP contribution in [0.25, 0.3) is 0 Å². The molecule has 0 saturated carbocycles. The van der Waals surface area contributed by atoms with Crippen LogP contribution in [0.5, 0.6) is 11.5 Å². The Bertz CT molecular complexity index is 1180. The van der Waals surface area contributed by atoms with Crippen LogP contribution in [0.2, 0.25) is 0 Å². The molecular weight excluding hydrogens is 420 g/mol. The Hall–Kier alpha value is -2.73. The summed E-state index contributed by atoms with van der Waals surface area (Å²) >= 11 is 0. The van der Waals surface area contributed by atoms with Crippen LogP contribution in [-0.2, 0) is 16.0 Å². The molecule has 3 unspecified atom stereocenters. The highest BCUT2D eigenvalue weighted by atomic mass is 16.5. The van der Waals surface area contributed by atoms with E-state index in [-0.39, 0.29) is 23.1 Å². The molecule has 3 N–H and O–H groups in total. The third-order valence-electron chi connectivity index (χ3n) is 8.00. The number of hydrogen-bond acceptors (Lipinski definition) is 6. The van der Waals surface area contributed by atoms with Gasteiger partial charge in [0.1, 0.15) is 34.2 Å². The molecule has 2 aliphatic carbocycles. The number of allylic oxidation sites excluding steroid dienone is 1. The first-order chi connectivity index (χ1) is 15.2. The molecule has 176 valence electrons. The first-order valence-electron chi connectivity index (χ1n) is 11.5. The molecule has 0 spiro atoms.